The van der Waals surface area contributed by atoms with E-state index in [0.29, 0.717) is 31.0 Å². The second kappa shape index (κ2) is 5.95. The second-order valence-electron chi connectivity index (χ2n) is 6.67. The van der Waals surface area contributed by atoms with Crippen LogP contribution in [0.5, 0.6) is 0 Å². The van der Waals surface area contributed by atoms with Gasteiger partial charge in [0.05, 0.1) is 5.92 Å². The van der Waals surface area contributed by atoms with Gasteiger partial charge in [-0.15, -0.1) is 0 Å². The van der Waals surface area contributed by atoms with E-state index in [9.17, 15) is 13.6 Å². The summed E-state index contributed by atoms with van der Waals surface area (Å²) in [7, 11) is 0. The van der Waals surface area contributed by atoms with Crippen molar-refractivity contribution < 1.29 is 18.7 Å². The number of carboxylic acids is 1. The van der Waals surface area contributed by atoms with Gasteiger partial charge >= 0.3 is 5.97 Å². The maximum atomic E-state index is 14.0. The van der Waals surface area contributed by atoms with Crippen LogP contribution in [0.1, 0.15) is 44.1 Å². The molecule has 5 heteroatoms. The van der Waals surface area contributed by atoms with Crippen molar-refractivity contribution in [3.8, 4) is 0 Å². The van der Waals surface area contributed by atoms with Gasteiger partial charge in [0.1, 0.15) is 11.6 Å². The van der Waals surface area contributed by atoms with Crippen LogP contribution in [-0.4, -0.2) is 23.7 Å². The Hall–Kier alpha value is -1.49. The first-order valence-electron chi connectivity index (χ1n) is 7.92. The average Bonchev–Trinajstić information content (AvgIpc) is 3.26. The minimum atomic E-state index is -0.703. The van der Waals surface area contributed by atoms with E-state index < -0.39 is 17.6 Å². The van der Waals surface area contributed by atoms with Crippen molar-refractivity contribution in [2.24, 2.45) is 5.92 Å². The zero-order chi connectivity index (χ0) is 15.7. The molecule has 0 spiro atoms. The Bertz CT molecular complexity index is 564. The molecule has 0 amide bonds. The molecular weight excluding hydrogens is 288 g/mol. The lowest BCUT2D eigenvalue weighted by molar-refractivity contribution is -0.142. The Morgan fingerprint density at radius 1 is 1.23 bits per heavy atom. The third-order valence-electron chi connectivity index (χ3n) is 5.16. The molecule has 0 radical (unpaired) electrons. The van der Waals surface area contributed by atoms with Crippen LogP contribution in [0, 0.1) is 17.6 Å². The molecule has 2 N–H and O–H groups in total. The highest BCUT2D eigenvalue weighted by atomic mass is 19.1. The van der Waals surface area contributed by atoms with E-state index in [1.807, 2.05) is 0 Å². The van der Waals surface area contributed by atoms with Crippen LogP contribution < -0.4 is 5.32 Å². The Morgan fingerprint density at radius 3 is 2.45 bits per heavy atom. The van der Waals surface area contributed by atoms with Crippen molar-refractivity contribution in [1.29, 1.82) is 0 Å². The zero-order valence-corrected chi connectivity index (χ0v) is 12.4. The van der Waals surface area contributed by atoms with Crippen molar-refractivity contribution in [3.63, 3.8) is 0 Å². The van der Waals surface area contributed by atoms with Gasteiger partial charge in [-0.05, 0) is 50.2 Å². The summed E-state index contributed by atoms with van der Waals surface area (Å²) < 4.78 is 27.0. The standard InChI is InChI=1S/C17H21F2NO2/c18-12-3-6-14(15(19)9-12)17(7-8-17)10-20-13-4-1-11(2-5-13)16(21)22/h3,6,9,11,13,20H,1-2,4-5,7-8,10H2,(H,21,22). The Labute approximate surface area is 128 Å². The molecule has 2 fully saturated rings. The number of halogens is 2. The minimum absolute atomic E-state index is 0.207. The van der Waals surface area contributed by atoms with E-state index in [2.05, 4.69) is 5.32 Å². The number of rotatable bonds is 5. The summed E-state index contributed by atoms with van der Waals surface area (Å²) in [5.74, 6) is -1.93. The molecule has 22 heavy (non-hydrogen) atoms. The van der Waals surface area contributed by atoms with E-state index in [0.717, 1.165) is 31.7 Å². The number of hydrogen-bond acceptors (Lipinski definition) is 2. The molecular formula is C17H21F2NO2. The summed E-state index contributed by atoms with van der Waals surface area (Å²) in [6.45, 7) is 0.679. The number of aliphatic carboxylic acids is 1. The van der Waals surface area contributed by atoms with Crippen LogP contribution >= 0.6 is 0 Å². The first-order valence-corrected chi connectivity index (χ1v) is 7.92. The van der Waals surface area contributed by atoms with Crippen LogP contribution in [0.25, 0.3) is 0 Å². The SMILES string of the molecule is O=C(O)C1CCC(NCC2(c3ccc(F)cc3F)CC2)CC1. The zero-order valence-electron chi connectivity index (χ0n) is 12.4. The quantitative estimate of drug-likeness (QED) is 0.878. The van der Waals surface area contributed by atoms with E-state index >= 15 is 0 Å². The van der Waals surface area contributed by atoms with Crippen LogP contribution in [0.2, 0.25) is 0 Å². The molecule has 0 aliphatic heterocycles. The summed E-state index contributed by atoms with van der Waals surface area (Å²) in [4.78, 5) is 10.9. The van der Waals surface area contributed by atoms with Crippen LogP contribution in [-0.2, 0) is 10.2 Å². The molecule has 0 bridgehead atoms. The number of carbonyl (C=O) groups is 1. The van der Waals surface area contributed by atoms with Crippen molar-refractivity contribution in [2.75, 3.05) is 6.54 Å². The number of carboxylic acid groups (broad SMARTS) is 1. The normalized spacial score (nSPS) is 26.6. The average molecular weight is 309 g/mol. The molecule has 3 rings (SSSR count). The van der Waals surface area contributed by atoms with Crippen molar-refractivity contribution in [1.82, 2.24) is 5.32 Å². The summed E-state index contributed by atoms with van der Waals surface area (Å²) in [6, 6.07) is 4.13. The molecule has 0 aromatic heterocycles. The minimum Gasteiger partial charge on any atom is -0.481 e. The van der Waals surface area contributed by atoms with E-state index in [1.165, 1.54) is 6.07 Å². The van der Waals surface area contributed by atoms with Crippen molar-refractivity contribution in [3.05, 3.63) is 35.4 Å². The maximum Gasteiger partial charge on any atom is 0.306 e. The van der Waals surface area contributed by atoms with Gasteiger partial charge in [-0.1, -0.05) is 6.07 Å². The Morgan fingerprint density at radius 2 is 1.91 bits per heavy atom. The third kappa shape index (κ3) is 3.14. The van der Waals surface area contributed by atoms with Crippen LogP contribution in [0.15, 0.2) is 18.2 Å². The monoisotopic (exact) mass is 309 g/mol. The van der Waals surface area contributed by atoms with Crippen LogP contribution in [0.4, 0.5) is 8.78 Å². The Kier molecular flexibility index (Phi) is 4.17. The molecule has 0 atom stereocenters. The van der Waals surface area contributed by atoms with Gasteiger partial charge in [-0.2, -0.15) is 0 Å². The van der Waals surface area contributed by atoms with Crippen LogP contribution in [0.3, 0.4) is 0 Å². The fourth-order valence-corrected chi connectivity index (χ4v) is 3.50. The summed E-state index contributed by atoms with van der Waals surface area (Å²) >= 11 is 0. The molecule has 2 aliphatic carbocycles. The largest absolute Gasteiger partial charge is 0.481 e. The predicted molar refractivity (Wildman–Crippen MR) is 78.7 cm³/mol. The summed E-state index contributed by atoms with van der Waals surface area (Å²) in [6.07, 6.45) is 4.91. The van der Waals surface area contributed by atoms with E-state index in [1.54, 1.807) is 6.07 Å². The van der Waals surface area contributed by atoms with E-state index in [-0.39, 0.29) is 11.3 Å². The molecule has 1 aromatic carbocycles. The summed E-state index contributed by atoms with van der Waals surface area (Å²) in [5.41, 5.74) is 0.391. The molecule has 120 valence electrons. The molecule has 0 saturated heterocycles. The highest BCUT2D eigenvalue weighted by Gasteiger charge is 2.46. The molecule has 3 nitrogen and oxygen atoms in total. The first kappa shape index (κ1) is 15.4. The maximum absolute atomic E-state index is 14.0. The van der Waals surface area contributed by atoms with Gasteiger partial charge in [0.2, 0.25) is 0 Å². The van der Waals surface area contributed by atoms with Gasteiger partial charge in [0.15, 0.2) is 0 Å². The highest BCUT2D eigenvalue weighted by molar-refractivity contribution is 5.70. The lowest BCUT2D eigenvalue weighted by Gasteiger charge is -2.29. The smallest absolute Gasteiger partial charge is 0.306 e. The first-order chi connectivity index (χ1) is 10.5. The number of nitrogens with one attached hydrogen (secondary N) is 1. The second-order valence-corrected chi connectivity index (χ2v) is 6.67. The lowest BCUT2D eigenvalue weighted by Crippen LogP contribution is -2.39. The van der Waals surface area contributed by atoms with Gasteiger partial charge < -0.3 is 10.4 Å². The summed E-state index contributed by atoms with van der Waals surface area (Å²) in [5, 5.41) is 12.5. The number of benzene rings is 1. The molecule has 0 unspecified atom stereocenters. The van der Waals surface area contributed by atoms with Gasteiger partial charge in [-0.25, -0.2) is 8.78 Å². The molecule has 2 aliphatic rings. The van der Waals surface area contributed by atoms with Crippen molar-refractivity contribution >= 4 is 5.97 Å². The number of hydrogen-bond donors (Lipinski definition) is 2. The molecule has 1 aromatic rings. The van der Waals surface area contributed by atoms with Gasteiger partial charge in [0, 0.05) is 24.1 Å². The lowest BCUT2D eigenvalue weighted by atomic mass is 9.85. The molecule has 2 saturated carbocycles. The topological polar surface area (TPSA) is 49.3 Å². The highest BCUT2D eigenvalue weighted by Crippen LogP contribution is 2.48. The third-order valence-corrected chi connectivity index (χ3v) is 5.16. The predicted octanol–water partition coefficient (Wildman–Crippen LogP) is 3.23. The van der Waals surface area contributed by atoms with E-state index in [4.69, 9.17) is 5.11 Å². The van der Waals surface area contributed by atoms with Gasteiger partial charge in [0.25, 0.3) is 0 Å². The fourth-order valence-electron chi connectivity index (χ4n) is 3.50. The van der Waals surface area contributed by atoms with Gasteiger partial charge in [-0.3, -0.25) is 4.79 Å². The van der Waals surface area contributed by atoms with Crippen molar-refractivity contribution in [2.45, 2.75) is 50.0 Å². The fraction of sp³-hybridized carbons (Fsp3) is 0.588. The Balaban J connectivity index is 1.56. The molecule has 0 heterocycles.